The minimum atomic E-state index is -3.01. The second kappa shape index (κ2) is 8.71. The van der Waals surface area contributed by atoms with E-state index in [9.17, 15) is 22.5 Å². The van der Waals surface area contributed by atoms with Crippen molar-refractivity contribution in [1.82, 2.24) is 14.7 Å². The van der Waals surface area contributed by atoms with Crippen LogP contribution in [0.25, 0.3) is 0 Å². The van der Waals surface area contributed by atoms with Gasteiger partial charge in [0.2, 0.25) is 0 Å². The van der Waals surface area contributed by atoms with E-state index in [0.29, 0.717) is 13.0 Å². The zero-order valence-electron chi connectivity index (χ0n) is 18.5. The number of aliphatic imine (C=N–C) groups is 1. The number of hydrogen-bond donors (Lipinski definition) is 4. The number of nitrogens with two attached hydrogens (primary N) is 1. The lowest BCUT2D eigenvalue weighted by atomic mass is 9.96. The highest BCUT2D eigenvalue weighted by molar-refractivity contribution is 8.29. The number of aromatic nitrogens is 2. The Morgan fingerprint density at radius 3 is 2.76 bits per heavy atom. The van der Waals surface area contributed by atoms with E-state index in [4.69, 9.17) is 5.73 Å². The Balaban J connectivity index is 1.60. The Bertz CT molecular complexity index is 1140. The van der Waals surface area contributed by atoms with E-state index in [1.807, 2.05) is 6.92 Å². The summed E-state index contributed by atoms with van der Waals surface area (Å²) in [5.41, 5.74) is 4.87. The molecule has 0 spiro atoms. The van der Waals surface area contributed by atoms with Crippen molar-refractivity contribution in [3.8, 4) is 5.75 Å². The summed E-state index contributed by atoms with van der Waals surface area (Å²) in [6.45, 7) is 1.10. The Kier molecular flexibility index (Phi) is 6.21. The van der Waals surface area contributed by atoms with Gasteiger partial charge in [-0.2, -0.15) is 8.78 Å². The first-order valence-corrected chi connectivity index (χ1v) is 12.2. The lowest BCUT2D eigenvalue weighted by Gasteiger charge is -2.57. The van der Waals surface area contributed by atoms with Gasteiger partial charge in [-0.05, 0) is 51.0 Å². The molecule has 3 atom stereocenters. The number of pyridine rings is 2. The molecule has 0 radical (unpaired) electrons. The van der Waals surface area contributed by atoms with Crippen LogP contribution in [0.4, 0.5) is 19.0 Å². The summed E-state index contributed by atoms with van der Waals surface area (Å²) in [6.07, 6.45) is 2.48. The summed E-state index contributed by atoms with van der Waals surface area (Å²) in [4.78, 5) is 25.2. The number of alkyl halides is 2. The third kappa shape index (κ3) is 4.30. The van der Waals surface area contributed by atoms with Crippen molar-refractivity contribution in [1.29, 1.82) is 0 Å². The second-order valence-corrected chi connectivity index (χ2v) is 11.5. The second-order valence-electron chi connectivity index (χ2n) is 8.59. The van der Waals surface area contributed by atoms with Gasteiger partial charge in [-0.3, -0.25) is 14.5 Å². The molecule has 184 valence electrons. The summed E-state index contributed by atoms with van der Waals surface area (Å²) in [5.74, 6) is -1.18. The Hall–Kier alpha value is -2.90. The van der Waals surface area contributed by atoms with Crippen LogP contribution in [0.5, 0.6) is 5.75 Å². The molecule has 2 aromatic rings. The summed E-state index contributed by atoms with van der Waals surface area (Å²) < 4.78 is 57.6. The number of carbonyl (C=O) groups excluding carboxylic acids is 1. The van der Waals surface area contributed by atoms with E-state index < -0.39 is 39.1 Å². The molecule has 2 aromatic heterocycles. The molecule has 1 saturated heterocycles. The molecule has 1 fully saturated rings. The van der Waals surface area contributed by atoms with Gasteiger partial charge in [0.25, 0.3) is 5.91 Å². The van der Waals surface area contributed by atoms with Crippen LogP contribution in [0.1, 0.15) is 42.9 Å². The molecule has 0 bridgehead atoms. The van der Waals surface area contributed by atoms with Crippen LogP contribution in [0.15, 0.2) is 35.5 Å². The first kappa shape index (κ1) is 24.2. The predicted molar refractivity (Wildman–Crippen MR) is 123 cm³/mol. The predicted octanol–water partition coefficient (Wildman–Crippen LogP) is 3.39. The summed E-state index contributed by atoms with van der Waals surface area (Å²) >= 11 is 0. The standard InChI is InChI=1S/C21H25F3N6O3S/c1-20(11-34(32)21(2,18(25)30-20)8-3-9-27-34)16-13(22)5-7-15(28-16)29-17(31)14-6-4-12(10-26-14)33-19(23)24/h4-7,10,19,27,32H,3,8-9,11H2,1-2H3,(H2,25,30)(H,28,29,31). The average molecular weight is 499 g/mol. The molecule has 1 amide bonds. The summed E-state index contributed by atoms with van der Waals surface area (Å²) in [5, 5.41) is 2.51. The number of ether oxygens (including phenoxy) is 1. The van der Waals surface area contributed by atoms with Crippen molar-refractivity contribution in [3.05, 3.63) is 47.7 Å². The number of halogens is 3. The number of amidine groups is 1. The topological polar surface area (TPSA) is 135 Å². The largest absolute Gasteiger partial charge is 0.433 e. The number of rotatable bonds is 5. The maximum absolute atomic E-state index is 14.9. The molecular weight excluding hydrogens is 473 g/mol. The summed E-state index contributed by atoms with van der Waals surface area (Å²) in [6, 6.07) is 4.80. The van der Waals surface area contributed by atoms with Crippen molar-refractivity contribution < 1.29 is 27.3 Å². The Morgan fingerprint density at radius 2 is 2.09 bits per heavy atom. The summed E-state index contributed by atoms with van der Waals surface area (Å²) in [7, 11) is -2.47. The van der Waals surface area contributed by atoms with E-state index in [0.717, 1.165) is 18.7 Å². The first-order valence-electron chi connectivity index (χ1n) is 10.5. The molecule has 4 rings (SSSR count). The third-order valence-electron chi connectivity index (χ3n) is 6.11. The fourth-order valence-corrected chi connectivity index (χ4v) is 7.32. The van der Waals surface area contributed by atoms with E-state index in [2.05, 4.69) is 29.7 Å². The van der Waals surface area contributed by atoms with Crippen LogP contribution >= 0.6 is 10.5 Å². The number of anilines is 1. The van der Waals surface area contributed by atoms with Crippen molar-refractivity contribution in [2.24, 2.45) is 10.7 Å². The number of amides is 1. The quantitative estimate of drug-likeness (QED) is 0.496. The van der Waals surface area contributed by atoms with E-state index >= 15 is 0 Å². The monoisotopic (exact) mass is 498 g/mol. The van der Waals surface area contributed by atoms with Gasteiger partial charge in [0.15, 0.2) is 0 Å². The van der Waals surface area contributed by atoms with Crippen LogP contribution in [0, 0.1) is 5.82 Å². The molecule has 0 aromatic carbocycles. The van der Waals surface area contributed by atoms with Gasteiger partial charge in [0, 0.05) is 12.3 Å². The molecule has 5 N–H and O–H groups in total. The number of fused-ring (bicyclic) bond motifs is 1. The van der Waals surface area contributed by atoms with Gasteiger partial charge >= 0.3 is 6.61 Å². The zero-order valence-corrected chi connectivity index (χ0v) is 19.3. The lowest BCUT2D eigenvalue weighted by Crippen LogP contribution is -2.60. The molecule has 2 aliphatic heterocycles. The van der Waals surface area contributed by atoms with Crippen molar-refractivity contribution in [2.75, 3.05) is 17.6 Å². The van der Waals surface area contributed by atoms with Crippen LogP contribution in [-0.4, -0.2) is 49.9 Å². The molecule has 0 saturated carbocycles. The van der Waals surface area contributed by atoms with Gasteiger partial charge in [-0.15, -0.1) is 0 Å². The van der Waals surface area contributed by atoms with E-state index in [1.165, 1.54) is 18.2 Å². The maximum atomic E-state index is 14.9. The molecule has 3 unspecified atom stereocenters. The molecule has 9 nitrogen and oxygen atoms in total. The fraction of sp³-hybridized carbons (Fsp3) is 0.429. The van der Waals surface area contributed by atoms with Gasteiger partial charge in [-0.25, -0.2) is 14.4 Å². The van der Waals surface area contributed by atoms with Crippen LogP contribution in [-0.2, 0) is 5.54 Å². The minimum absolute atomic E-state index is 0.0260. The molecule has 13 heteroatoms. The van der Waals surface area contributed by atoms with Gasteiger partial charge in [0.1, 0.15) is 40.1 Å². The van der Waals surface area contributed by atoms with E-state index in [1.54, 1.807) is 6.92 Å². The van der Waals surface area contributed by atoms with Crippen LogP contribution in [0.3, 0.4) is 0 Å². The van der Waals surface area contributed by atoms with Crippen molar-refractivity contribution >= 4 is 28.1 Å². The third-order valence-corrected chi connectivity index (χ3v) is 9.67. The zero-order chi connectivity index (χ0) is 24.7. The van der Waals surface area contributed by atoms with Gasteiger partial charge in [-0.1, -0.05) is 10.5 Å². The van der Waals surface area contributed by atoms with Gasteiger partial charge in [0.05, 0.1) is 10.9 Å². The number of carbonyl (C=O) groups is 1. The smallest absolute Gasteiger partial charge is 0.387 e. The molecule has 0 aliphatic carbocycles. The van der Waals surface area contributed by atoms with Crippen LogP contribution in [0.2, 0.25) is 0 Å². The number of nitrogens with one attached hydrogen (secondary N) is 2. The SMILES string of the molecule is CC1(c2nc(NC(=O)c3ccc(OC(F)F)cn3)ccc2F)CS2(O)NCCCC2(C)C(N)=N1. The van der Waals surface area contributed by atoms with Gasteiger partial charge < -0.3 is 20.3 Å². The van der Waals surface area contributed by atoms with Crippen molar-refractivity contribution in [2.45, 2.75) is 43.6 Å². The minimum Gasteiger partial charge on any atom is -0.433 e. The van der Waals surface area contributed by atoms with Crippen LogP contribution < -0.4 is 20.5 Å². The lowest BCUT2D eigenvalue weighted by molar-refractivity contribution is -0.0500. The molecule has 4 heterocycles. The first-order chi connectivity index (χ1) is 16.0. The van der Waals surface area contributed by atoms with Crippen molar-refractivity contribution in [3.63, 3.8) is 0 Å². The average Bonchev–Trinajstić information content (AvgIpc) is 2.76. The normalized spacial score (nSPS) is 30.6. The van der Waals surface area contributed by atoms with E-state index in [-0.39, 0.29) is 34.5 Å². The Labute approximate surface area is 195 Å². The molecule has 34 heavy (non-hydrogen) atoms. The highest BCUT2D eigenvalue weighted by atomic mass is 32.3. The Morgan fingerprint density at radius 1 is 1.32 bits per heavy atom. The maximum Gasteiger partial charge on any atom is 0.387 e. The fourth-order valence-electron chi connectivity index (χ4n) is 4.21. The highest BCUT2D eigenvalue weighted by Crippen LogP contribution is 2.62. The molecular formula is C21H25F3N6O3S. The number of hydrogen-bond acceptors (Lipinski definition) is 8. The molecule has 2 aliphatic rings. The number of nitrogens with zero attached hydrogens (tertiary/aromatic N) is 3. The highest BCUT2D eigenvalue weighted by Gasteiger charge is 2.55.